The summed E-state index contributed by atoms with van der Waals surface area (Å²) in [5, 5.41) is 2.99. The van der Waals surface area contributed by atoms with Crippen LogP contribution < -0.4 is 19.7 Å². The van der Waals surface area contributed by atoms with Gasteiger partial charge in [0.1, 0.15) is 13.2 Å². The number of quaternary nitrogens is 1. The number of amides is 1. The quantitative estimate of drug-likeness (QED) is 0.808. The summed E-state index contributed by atoms with van der Waals surface area (Å²) in [7, 11) is 0. The third kappa shape index (κ3) is 5.04. The number of hydrogen-bond donors (Lipinski definition) is 2. The standard InChI is InChI=1S/C23H28N2O3/c26-23(24-20-6-7-21-22(17-20)28-15-14-27-21)10-13-25-11-8-19(9-12-25)16-18-4-2-1-3-5-18/h1-7,17,19H,8-16H2,(H,24,26)/p+1. The Labute approximate surface area is 166 Å². The van der Waals surface area contributed by atoms with E-state index in [4.69, 9.17) is 9.47 Å². The Morgan fingerprint density at radius 3 is 2.54 bits per heavy atom. The Kier molecular flexibility index (Phi) is 6.12. The van der Waals surface area contributed by atoms with E-state index in [1.807, 2.05) is 18.2 Å². The Morgan fingerprint density at radius 1 is 1.00 bits per heavy atom. The molecule has 0 bridgehead atoms. The van der Waals surface area contributed by atoms with Crippen molar-refractivity contribution < 1.29 is 19.2 Å². The zero-order chi connectivity index (χ0) is 19.2. The number of likely N-dealkylation sites (tertiary alicyclic amines) is 1. The van der Waals surface area contributed by atoms with Gasteiger partial charge in [0.2, 0.25) is 5.91 Å². The van der Waals surface area contributed by atoms with Crippen LogP contribution in [0.1, 0.15) is 24.8 Å². The van der Waals surface area contributed by atoms with Gasteiger partial charge >= 0.3 is 0 Å². The molecule has 1 fully saturated rings. The van der Waals surface area contributed by atoms with Gasteiger partial charge in [0.05, 0.1) is 26.1 Å². The van der Waals surface area contributed by atoms with Crippen molar-refractivity contribution in [2.24, 2.45) is 5.92 Å². The number of benzene rings is 2. The number of ether oxygens (including phenoxy) is 2. The minimum atomic E-state index is 0.0654. The van der Waals surface area contributed by atoms with Crippen molar-refractivity contribution in [1.29, 1.82) is 0 Å². The molecule has 0 aromatic heterocycles. The van der Waals surface area contributed by atoms with Crippen LogP contribution in [-0.2, 0) is 11.2 Å². The zero-order valence-corrected chi connectivity index (χ0v) is 16.3. The predicted octanol–water partition coefficient (Wildman–Crippen LogP) is 2.32. The van der Waals surface area contributed by atoms with E-state index in [0.29, 0.717) is 25.4 Å². The molecule has 0 radical (unpaired) electrons. The lowest BCUT2D eigenvalue weighted by Crippen LogP contribution is -3.13. The van der Waals surface area contributed by atoms with Gasteiger partial charge in [-0.25, -0.2) is 0 Å². The first-order chi connectivity index (χ1) is 13.8. The maximum Gasteiger partial charge on any atom is 0.230 e. The highest BCUT2D eigenvalue weighted by Crippen LogP contribution is 2.32. The molecule has 1 amide bonds. The van der Waals surface area contributed by atoms with Gasteiger partial charge < -0.3 is 19.7 Å². The summed E-state index contributed by atoms with van der Waals surface area (Å²) in [5.74, 6) is 2.29. The van der Waals surface area contributed by atoms with Crippen LogP contribution in [0.3, 0.4) is 0 Å². The summed E-state index contributed by atoms with van der Waals surface area (Å²) in [6, 6.07) is 16.3. The molecule has 2 aromatic carbocycles. The second kappa shape index (κ2) is 9.11. The average molecular weight is 381 g/mol. The van der Waals surface area contributed by atoms with Crippen LogP contribution in [0.4, 0.5) is 5.69 Å². The largest absolute Gasteiger partial charge is 0.486 e. The van der Waals surface area contributed by atoms with Crippen LogP contribution in [0.15, 0.2) is 48.5 Å². The normalized spacial score (nSPS) is 21.1. The Hall–Kier alpha value is -2.53. The van der Waals surface area contributed by atoms with Crippen molar-refractivity contribution in [3.05, 3.63) is 54.1 Å². The fourth-order valence-corrected chi connectivity index (χ4v) is 4.12. The molecule has 28 heavy (non-hydrogen) atoms. The van der Waals surface area contributed by atoms with E-state index >= 15 is 0 Å². The number of fused-ring (bicyclic) bond motifs is 1. The highest BCUT2D eigenvalue weighted by Gasteiger charge is 2.23. The van der Waals surface area contributed by atoms with Gasteiger partial charge in [0.25, 0.3) is 0 Å². The maximum absolute atomic E-state index is 12.3. The molecular weight excluding hydrogens is 352 g/mol. The SMILES string of the molecule is O=C(CC[NH+]1CCC(Cc2ccccc2)CC1)Nc1ccc2c(c1)OCCO2. The molecule has 148 valence electrons. The van der Waals surface area contributed by atoms with Gasteiger partial charge in [0.15, 0.2) is 11.5 Å². The van der Waals surface area contributed by atoms with E-state index in [0.717, 1.165) is 37.0 Å². The minimum Gasteiger partial charge on any atom is -0.486 e. The lowest BCUT2D eigenvalue weighted by molar-refractivity contribution is -0.905. The summed E-state index contributed by atoms with van der Waals surface area (Å²) < 4.78 is 11.1. The molecule has 0 atom stereocenters. The Balaban J connectivity index is 1.18. The summed E-state index contributed by atoms with van der Waals surface area (Å²) in [4.78, 5) is 13.9. The van der Waals surface area contributed by atoms with Gasteiger partial charge in [-0.2, -0.15) is 0 Å². The van der Waals surface area contributed by atoms with Crippen molar-refractivity contribution in [2.45, 2.75) is 25.7 Å². The molecule has 0 aliphatic carbocycles. The molecule has 2 N–H and O–H groups in total. The summed E-state index contributed by atoms with van der Waals surface area (Å²) >= 11 is 0. The maximum atomic E-state index is 12.3. The Morgan fingerprint density at radius 2 is 1.75 bits per heavy atom. The third-order valence-corrected chi connectivity index (χ3v) is 5.71. The number of piperidine rings is 1. The van der Waals surface area contributed by atoms with Gasteiger partial charge in [-0.05, 0) is 42.9 Å². The van der Waals surface area contributed by atoms with Crippen molar-refractivity contribution in [3.8, 4) is 11.5 Å². The van der Waals surface area contributed by atoms with Gasteiger partial charge in [-0.3, -0.25) is 4.79 Å². The second-order valence-electron chi connectivity index (χ2n) is 7.79. The molecule has 0 spiro atoms. The first-order valence-corrected chi connectivity index (χ1v) is 10.3. The molecule has 2 aromatic rings. The second-order valence-corrected chi connectivity index (χ2v) is 7.79. The van der Waals surface area contributed by atoms with E-state index in [2.05, 4.69) is 35.6 Å². The summed E-state index contributed by atoms with van der Waals surface area (Å²) in [5.41, 5.74) is 2.21. The third-order valence-electron chi connectivity index (χ3n) is 5.71. The average Bonchev–Trinajstić information content (AvgIpc) is 2.74. The highest BCUT2D eigenvalue weighted by molar-refractivity contribution is 5.91. The molecule has 4 rings (SSSR count). The molecule has 0 unspecified atom stereocenters. The molecule has 2 aliphatic heterocycles. The first-order valence-electron chi connectivity index (χ1n) is 10.3. The van der Waals surface area contributed by atoms with E-state index in [1.54, 1.807) is 4.90 Å². The van der Waals surface area contributed by atoms with Gasteiger partial charge in [-0.15, -0.1) is 0 Å². The van der Waals surface area contributed by atoms with Crippen molar-refractivity contribution in [3.63, 3.8) is 0 Å². The minimum absolute atomic E-state index is 0.0654. The fraction of sp³-hybridized carbons (Fsp3) is 0.435. The Bertz CT molecular complexity index is 786. The van der Waals surface area contributed by atoms with E-state index in [9.17, 15) is 4.79 Å². The van der Waals surface area contributed by atoms with Crippen LogP contribution >= 0.6 is 0 Å². The number of nitrogens with one attached hydrogen (secondary N) is 2. The van der Waals surface area contributed by atoms with E-state index < -0.39 is 0 Å². The lowest BCUT2D eigenvalue weighted by atomic mass is 9.90. The van der Waals surface area contributed by atoms with Gasteiger partial charge in [0, 0.05) is 11.8 Å². The van der Waals surface area contributed by atoms with Gasteiger partial charge in [-0.1, -0.05) is 30.3 Å². The zero-order valence-electron chi connectivity index (χ0n) is 16.3. The number of anilines is 1. The molecule has 2 heterocycles. The fourth-order valence-electron chi connectivity index (χ4n) is 4.12. The number of carbonyl (C=O) groups is 1. The van der Waals surface area contributed by atoms with Crippen LogP contribution in [0.5, 0.6) is 11.5 Å². The molecule has 0 saturated carbocycles. The van der Waals surface area contributed by atoms with Crippen molar-refractivity contribution in [1.82, 2.24) is 0 Å². The molecular formula is C23H29N2O3+. The van der Waals surface area contributed by atoms with Crippen LogP contribution in [0.25, 0.3) is 0 Å². The lowest BCUT2D eigenvalue weighted by Gasteiger charge is -2.29. The molecule has 5 heteroatoms. The number of rotatable bonds is 6. The molecule has 1 saturated heterocycles. The van der Waals surface area contributed by atoms with Crippen molar-refractivity contribution >= 4 is 11.6 Å². The topological polar surface area (TPSA) is 52.0 Å². The summed E-state index contributed by atoms with van der Waals surface area (Å²) in [6.45, 7) is 4.34. The monoisotopic (exact) mass is 381 g/mol. The molecule has 2 aliphatic rings. The van der Waals surface area contributed by atoms with E-state index in [1.165, 1.54) is 24.8 Å². The van der Waals surface area contributed by atoms with Crippen LogP contribution in [-0.4, -0.2) is 38.8 Å². The number of hydrogen-bond acceptors (Lipinski definition) is 3. The van der Waals surface area contributed by atoms with E-state index in [-0.39, 0.29) is 5.91 Å². The predicted molar refractivity (Wildman–Crippen MR) is 109 cm³/mol. The van der Waals surface area contributed by atoms with Crippen LogP contribution in [0, 0.1) is 5.92 Å². The number of carbonyl (C=O) groups excluding carboxylic acids is 1. The van der Waals surface area contributed by atoms with Crippen molar-refractivity contribution in [2.75, 3.05) is 38.2 Å². The summed E-state index contributed by atoms with van der Waals surface area (Å²) in [6.07, 6.45) is 4.22. The first kappa shape index (κ1) is 18.8. The van der Waals surface area contributed by atoms with Crippen LogP contribution in [0.2, 0.25) is 0 Å². The molecule has 5 nitrogen and oxygen atoms in total. The highest BCUT2D eigenvalue weighted by atomic mass is 16.6. The smallest absolute Gasteiger partial charge is 0.230 e.